The van der Waals surface area contributed by atoms with Crippen molar-refractivity contribution in [3.63, 3.8) is 0 Å². The fourth-order valence-corrected chi connectivity index (χ4v) is 3.79. The van der Waals surface area contributed by atoms with E-state index in [1.54, 1.807) is 36.4 Å². The van der Waals surface area contributed by atoms with Crippen LogP contribution in [0, 0.1) is 0 Å². The van der Waals surface area contributed by atoms with E-state index in [2.05, 4.69) is 21.2 Å². The first-order valence-electron chi connectivity index (χ1n) is 8.06. The van der Waals surface area contributed by atoms with Crippen molar-refractivity contribution >= 4 is 56.5 Å². The van der Waals surface area contributed by atoms with Gasteiger partial charge in [0.2, 0.25) is 5.91 Å². The van der Waals surface area contributed by atoms with Gasteiger partial charge in [0, 0.05) is 15.7 Å². The van der Waals surface area contributed by atoms with E-state index in [0.717, 1.165) is 4.90 Å². The van der Waals surface area contributed by atoms with Crippen molar-refractivity contribution < 1.29 is 24.2 Å². The second-order valence-corrected chi connectivity index (χ2v) is 7.64. The number of hydrogen-bond acceptors (Lipinski definition) is 6. The third-order valence-corrected chi connectivity index (χ3v) is 5.17. The average molecular weight is 463 g/mol. The number of phenolic OH excluding ortho intramolecular Hbond substituents is 1. The van der Waals surface area contributed by atoms with Gasteiger partial charge in [0.05, 0.1) is 12.0 Å². The van der Waals surface area contributed by atoms with Crippen LogP contribution in [0.15, 0.2) is 51.8 Å². The number of nitrogens with zero attached hydrogens (tertiary/aromatic N) is 1. The molecule has 2 N–H and O–H groups in total. The van der Waals surface area contributed by atoms with Crippen LogP contribution in [0.2, 0.25) is 0 Å². The monoisotopic (exact) mass is 462 g/mol. The molecule has 144 valence electrons. The maximum absolute atomic E-state index is 12.6. The van der Waals surface area contributed by atoms with Gasteiger partial charge >= 0.3 is 0 Å². The van der Waals surface area contributed by atoms with Crippen molar-refractivity contribution in [2.45, 2.75) is 0 Å². The molecule has 3 amide bonds. The highest BCUT2D eigenvalue weighted by molar-refractivity contribution is 9.10. The van der Waals surface area contributed by atoms with E-state index >= 15 is 0 Å². The molecule has 1 aliphatic heterocycles. The Morgan fingerprint density at radius 1 is 1.29 bits per heavy atom. The smallest absolute Gasteiger partial charge is 0.294 e. The Labute approximate surface area is 173 Å². The average Bonchev–Trinajstić information content (AvgIpc) is 2.92. The van der Waals surface area contributed by atoms with E-state index in [9.17, 15) is 19.5 Å². The van der Waals surface area contributed by atoms with Crippen LogP contribution in [0.4, 0.5) is 10.5 Å². The van der Waals surface area contributed by atoms with Crippen LogP contribution in [-0.4, -0.2) is 40.7 Å². The molecule has 1 heterocycles. The standard InChI is InChI=1S/C19H15BrN2O5S/c1-27-14-9-12(20)7-11(17(14)24)8-15-18(25)22(19(26)28-15)10-16(23)21-13-5-3-2-4-6-13/h2-9,24H,10H2,1H3,(H,21,23)/b15-8-. The number of aromatic hydroxyl groups is 1. The lowest BCUT2D eigenvalue weighted by atomic mass is 10.1. The molecule has 0 saturated carbocycles. The number of phenols is 1. The minimum atomic E-state index is -0.600. The number of rotatable bonds is 5. The van der Waals surface area contributed by atoms with Gasteiger partial charge in [-0.15, -0.1) is 0 Å². The molecule has 0 unspecified atom stereocenters. The molecule has 1 saturated heterocycles. The number of methoxy groups -OCH3 is 1. The minimum Gasteiger partial charge on any atom is -0.504 e. The predicted octanol–water partition coefficient (Wildman–Crippen LogP) is 3.84. The molecule has 1 fully saturated rings. The zero-order chi connectivity index (χ0) is 20.3. The topological polar surface area (TPSA) is 95.9 Å². The number of benzene rings is 2. The molecule has 0 radical (unpaired) electrons. The third-order valence-electron chi connectivity index (χ3n) is 3.81. The van der Waals surface area contributed by atoms with Crippen molar-refractivity contribution in [1.29, 1.82) is 0 Å². The quantitative estimate of drug-likeness (QED) is 0.655. The van der Waals surface area contributed by atoms with Crippen molar-refractivity contribution in [3.05, 3.63) is 57.4 Å². The summed E-state index contributed by atoms with van der Waals surface area (Å²) in [6.07, 6.45) is 1.39. The van der Waals surface area contributed by atoms with Crippen molar-refractivity contribution in [1.82, 2.24) is 4.90 Å². The molecule has 0 spiro atoms. The summed E-state index contributed by atoms with van der Waals surface area (Å²) >= 11 is 4.00. The lowest BCUT2D eigenvalue weighted by Crippen LogP contribution is -2.36. The number of carbonyl (C=O) groups excluding carboxylic acids is 3. The molecule has 1 aliphatic rings. The molecule has 3 rings (SSSR count). The summed E-state index contributed by atoms with van der Waals surface area (Å²) in [4.78, 5) is 37.9. The molecular formula is C19H15BrN2O5S. The Hall–Kier alpha value is -2.78. The summed E-state index contributed by atoms with van der Waals surface area (Å²) in [5.74, 6) is -1.01. The van der Waals surface area contributed by atoms with Gasteiger partial charge in [0.1, 0.15) is 6.54 Å². The summed E-state index contributed by atoms with van der Waals surface area (Å²) in [6, 6.07) is 11.9. The van der Waals surface area contributed by atoms with Crippen LogP contribution < -0.4 is 10.1 Å². The molecule has 2 aromatic rings. The van der Waals surface area contributed by atoms with Gasteiger partial charge in [-0.05, 0) is 42.1 Å². The van der Waals surface area contributed by atoms with Gasteiger partial charge in [0.25, 0.3) is 11.1 Å². The first kappa shape index (κ1) is 20.0. The summed E-state index contributed by atoms with van der Waals surface area (Å²) < 4.78 is 5.71. The Morgan fingerprint density at radius 3 is 2.68 bits per heavy atom. The van der Waals surface area contributed by atoms with Crippen molar-refractivity contribution in [3.8, 4) is 11.5 Å². The number of ether oxygens (including phenoxy) is 1. The van der Waals surface area contributed by atoms with E-state index in [-0.39, 0.29) is 16.4 Å². The largest absolute Gasteiger partial charge is 0.504 e. The summed E-state index contributed by atoms with van der Waals surface area (Å²) in [5.41, 5.74) is 0.881. The molecule has 7 nitrogen and oxygen atoms in total. The molecular weight excluding hydrogens is 448 g/mol. The summed E-state index contributed by atoms with van der Waals surface area (Å²) in [7, 11) is 1.41. The second-order valence-electron chi connectivity index (χ2n) is 5.73. The number of nitrogens with one attached hydrogen (secondary N) is 1. The number of thioether (sulfide) groups is 1. The highest BCUT2D eigenvalue weighted by Crippen LogP contribution is 2.38. The van der Waals surface area contributed by atoms with Crippen LogP contribution in [0.5, 0.6) is 11.5 Å². The number of hydrogen-bond donors (Lipinski definition) is 2. The maximum atomic E-state index is 12.6. The van der Waals surface area contributed by atoms with Crippen LogP contribution in [0.3, 0.4) is 0 Å². The maximum Gasteiger partial charge on any atom is 0.294 e. The molecule has 0 bridgehead atoms. The van der Waals surface area contributed by atoms with Crippen molar-refractivity contribution in [2.75, 3.05) is 19.0 Å². The van der Waals surface area contributed by atoms with Gasteiger partial charge in [0.15, 0.2) is 11.5 Å². The lowest BCUT2D eigenvalue weighted by molar-refractivity contribution is -0.127. The van der Waals surface area contributed by atoms with E-state index in [4.69, 9.17) is 4.74 Å². The van der Waals surface area contributed by atoms with E-state index in [1.807, 2.05) is 6.07 Å². The Morgan fingerprint density at radius 2 is 2.00 bits per heavy atom. The van der Waals surface area contributed by atoms with E-state index < -0.39 is 23.6 Å². The third kappa shape index (κ3) is 4.37. The summed E-state index contributed by atoms with van der Waals surface area (Å²) in [6.45, 7) is -0.398. The number of amides is 3. The zero-order valence-electron chi connectivity index (χ0n) is 14.6. The molecule has 0 atom stereocenters. The first-order valence-corrected chi connectivity index (χ1v) is 9.66. The SMILES string of the molecule is COc1cc(Br)cc(/C=C2\SC(=O)N(CC(=O)Nc3ccccc3)C2=O)c1O. The Balaban J connectivity index is 1.77. The van der Waals surface area contributed by atoms with Gasteiger partial charge in [-0.25, -0.2) is 0 Å². The number of para-hydroxylation sites is 1. The highest BCUT2D eigenvalue weighted by Gasteiger charge is 2.36. The first-order chi connectivity index (χ1) is 13.4. The lowest BCUT2D eigenvalue weighted by Gasteiger charge is -2.12. The van der Waals surface area contributed by atoms with E-state index in [1.165, 1.54) is 13.2 Å². The normalized spacial score (nSPS) is 15.2. The van der Waals surface area contributed by atoms with Gasteiger partial charge in [-0.1, -0.05) is 34.1 Å². The number of anilines is 1. The van der Waals surface area contributed by atoms with Crippen LogP contribution in [-0.2, 0) is 9.59 Å². The van der Waals surface area contributed by atoms with Crippen molar-refractivity contribution in [2.24, 2.45) is 0 Å². The molecule has 9 heteroatoms. The Bertz CT molecular complexity index is 978. The van der Waals surface area contributed by atoms with Gasteiger partial charge < -0.3 is 15.2 Å². The predicted molar refractivity (Wildman–Crippen MR) is 110 cm³/mol. The Kier molecular flexibility index (Phi) is 6.05. The molecule has 0 aliphatic carbocycles. The molecule has 2 aromatic carbocycles. The zero-order valence-corrected chi connectivity index (χ0v) is 17.0. The van der Waals surface area contributed by atoms with Crippen LogP contribution in [0.1, 0.15) is 5.56 Å². The minimum absolute atomic E-state index is 0.105. The van der Waals surface area contributed by atoms with E-state index in [0.29, 0.717) is 27.5 Å². The van der Waals surface area contributed by atoms with Crippen LogP contribution in [0.25, 0.3) is 6.08 Å². The molecule has 28 heavy (non-hydrogen) atoms. The van der Waals surface area contributed by atoms with Gasteiger partial charge in [-0.2, -0.15) is 0 Å². The highest BCUT2D eigenvalue weighted by atomic mass is 79.9. The number of halogens is 1. The summed E-state index contributed by atoms with van der Waals surface area (Å²) in [5, 5.41) is 12.3. The second kappa shape index (κ2) is 8.49. The molecule has 0 aromatic heterocycles. The van der Waals surface area contributed by atoms with Crippen LogP contribution >= 0.6 is 27.7 Å². The fraction of sp³-hybridized carbons (Fsp3) is 0.105. The van der Waals surface area contributed by atoms with Gasteiger partial charge in [-0.3, -0.25) is 19.3 Å². The number of imide groups is 1. The fourth-order valence-electron chi connectivity index (χ4n) is 2.50. The number of carbonyl (C=O) groups is 3.